The molecular weight excluding hydrogens is 280 g/mol. The van der Waals surface area contributed by atoms with Crippen molar-refractivity contribution >= 4 is 27.5 Å². The van der Waals surface area contributed by atoms with Gasteiger partial charge in [0.05, 0.1) is 5.54 Å². The highest BCUT2D eigenvalue weighted by molar-refractivity contribution is 9.10. The fourth-order valence-electron chi connectivity index (χ4n) is 1.72. The second kappa shape index (κ2) is 5.65. The molecule has 1 aromatic rings. The Balaban J connectivity index is 2.80. The molecule has 1 unspecified atom stereocenters. The lowest BCUT2D eigenvalue weighted by atomic mass is 9.96. The summed E-state index contributed by atoms with van der Waals surface area (Å²) < 4.78 is 0.946. The Labute approximate surface area is 111 Å². The smallest absolute Gasteiger partial charge is 0.244 e. The van der Waals surface area contributed by atoms with Crippen molar-refractivity contribution in [2.75, 3.05) is 5.32 Å². The Kier molecular flexibility index (Phi) is 4.71. The van der Waals surface area contributed by atoms with E-state index in [1.807, 2.05) is 32.0 Å². The third-order valence-corrected chi connectivity index (χ3v) is 3.05. The summed E-state index contributed by atoms with van der Waals surface area (Å²) in [6, 6.07) is 5.78. The fourth-order valence-corrected chi connectivity index (χ4v) is 2.32. The first-order valence-corrected chi connectivity index (χ1v) is 6.52. The highest BCUT2D eigenvalue weighted by Gasteiger charge is 2.27. The lowest BCUT2D eigenvalue weighted by Gasteiger charge is -2.23. The summed E-state index contributed by atoms with van der Waals surface area (Å²) in [6.07, 6.45) is 1.56. The number of carbonyl (C=O) groups is 1. The van der Waals surface area contributed by atoms with Gasteiger partial charge in [-0.25, -0.2) is 0 Å². The van der Waals surface area contributed by atoms with Crippen LogP contribution in [0.1, 0.15) is 32.3 Å². The largest absolute Gasteiger partial charge is 0.324 e. The highest BCUT2D eigenvalue weighted by Crippen LogP contribution is 2.20. The van der Waals surface area contributed by atoms with E-state index in [-0.39, 0.29) is 5.91 Å². The summed E-state index contributed by atoms with van der Waals surface area (Å²) in [6.45, 7) is 5.76. The van der Waals surface area contributed by atoms with Crippen molar-refractivity contribution in [2.45, 2.75) is 39.2 Å². The SMILES string of the molecule is CCCC(C)(N)C(=O)Nc1cc(C)cc(Br)c1. The van der Waals surface area contributed by atoms with E-state index in [2.05, 4.69) is 21.2 Å². The normalized spacial score (nSPS) is 14.2. The van der Waals surface area contributed by atoms with Crippen LogP contribution in [0.3, 0.4) is 0 Å². The van der Waals surface area contributed by atoms with Crippen LogP contribution in [0.4, 0.5) is 5.69 Å². The van der Waals surface area contributed by atoms with Gasteiger partial charge in [0.15, 0.2) is 0 Å². The third-order valence-electron chi connectivity index (χ3n) is 2.59. The summed E-state index contributed by atoms with van der Waals surface area (Å²) in [4.78, 5) is 12.0. The lowest BCUT2D eigenvalue weighted by molar-refractivity contribution is -0.120. The standard InChI is InChI=1S/C13H19BrN2O/c1-4-5-13(3,15)12(17)16-11-7-9(2)6-10(14)8-11/h6-8H,4-5,15H2,1-3H3,(H,16,17). The molecule has 0 radical (unpaired) electrons. The Morgan fingerprint density at radius 2 is 2.12 bits per heavy atom. The number of aryl methyl sites for hydroxylation is 1. The van der Waals surface area contributed by atoms with E-state index < -0.39 is 5.54 Å². The van der Waals surface area contributed by atoms with E-state index in [1.165, 1.54) is 0 Å². The zero-order valence-electron chi connectivity index (χ0n) is 10.5. The quantitative estimate of drug-likeness (QED) is 0.897. The van der Waals surface area contributed by atoms with E-state index in [0.29, 0.717) is 6.42 Å². The minimum absolute atomic E-state index is 0.142. The molecule has 0 aliphatic rings. The number of hydrogen-bond acceptors (Lipinski definition) is 2. The molecule has 94 valence electrons. The summed E-state index contributed by atoms with van der Waals surface area (Å²) >= 11 is 3.40. The fraction of sp³-hybridized carbons (Fsp3) is 0.462. The van der Waals surface area contributed by atoms with Crippen molar-refractivity contribution in [1.82, 2.24) is 0 Å². The molecule has 0 heterocycles. The maximum absolute atomic E-state index is 12.0. The second-order valence-corrected chi connectivity index (χ2v) is 5.55. The molecule has 1 aromatic carbocycles. The molecule has 1 atom stereocenters. The average molecular weight is 299 g/mol. The number of halogens is 1. The molecule has 0 aliphatic heterocycles. The van der Waals surface area contributed by atoms with Crippen LogP contribution < -0.4 is 11.1 Å². The van der Waals surface area contributed by atoms with Crippen molar-refractivity contribution in [3.63, 3.8) is 0 Å². The number of benzene rings is 1. The van der Waals surface area contributed by atoms with Crippen molar-refractivity contribution in [1.29, 1.82) is 0 Å². The predicted octanol–water partition coefficient (Wildman–Crippen LogP) is 3.21. The molecule has 0 fully saturated rings. The lowest BCUT2D eigenvalue weighted by Crippen LogP contribution is -2.48. The van der Waals surface area contributed by atoms with Crippen molar-refractivity contribution in [3.05, 3.63) is 28.2 Å². The van der Waals surface area contributed by atoms with Crippen LogP contribution in [0.5, 0.6) is 0 Å². The number of anilines is 1. The van der Waals surface area contributed by atoms with Crippen molar-refractivity contribution < 1.29 is 4.79 Å². The van der Waals surface area contributed by atoms with Crippen LogP contribution in [0.15, 0.2) is 22.7 Å². The first-order chi connectivity index (χ1) is 7.85. The van der Waals surface area contributed by atoms with Gasteiger partial charge < -0.3 is 11.1 Å². The van der Waals surface area contributed by atoms with Crippen molar-refractivity contribution in [3.8, 4) is 0 Å². The number of carbonyl (C=O) groups excluding carboxylic acids is 1. The molecule has 0 saturated heterocycles. The van der Waals surface area contributed by atoms with Gasteiger partial charge in [0.2, 0.25) is 5.91 Å². The third kappa shape index (κ3) is 4.13. The molecule has 3 nitrogen and oxygen atoms in total. The van der Waals surface area contributed by atoms with Crippen LogP contribution in [0, 0.1) is 6.92 Å². The topological polar surface area (TPSA) is 55.1 Å². The molecule has 4 heteroatoms. The average Bonchev–Trinajstić information content (AvgIpc) is 2.15. The number of rotatable bonds is 4. The molecule has 0 spiro atoms. The Hall–Kier alpha value is -0.870. The minimum Gasteiger partial charge on any atom is -0.324 e. The molecule has 3 N–H and O–H groups in total. The van der Waals surface area contributed by atoms with Crippen LogP contribution in [0.2, 0.25) is 0 Å². The number of nitrogens with two attached hydrogens (primary N) is 1. The van der Waals surface area contributed by atoms with Gasteiger partial charge in [0.1, 0.15) is 0 Å². The summed E-state index contributed by atoms with van der Waals surface area (Å²) in [5, 5.41) is 2.85. The number of nitrogens with one attached hydrogen (secondary N) is 1. The predicted molar refractivity (Wildman–Crippen MR) is 75.0 cm³/mol. The Bertz CT molecular complexity index is 396. The van der Waals surface area contributed by atoms with Crippen LogP contribution >= 0.6 is 15.9 Å². The van der Waals surface area contributed by atoms with E-state index in [9.17, 15) is 4.79 Å². The maximum Gasteiger partial charge on any atom is 0.244 e. The molecule has 0 aromatic heterocycles. The van der Waals surface area contributed by atoms with E-state index in [4.69, 9.17) is 5.73 Å². The first-order valence-electron chi connectivity index (χ1n) is 5.72. The summed E-state index contributed by atoms with van der Waals surface area (Å²) in [5.41, 5.74) is 7.02. The van der Waals surface area contributed by atoms with Crippen LogP contribution in [-0.4, -0.2) is 11.4 Å². The number of hydrogen-bond donors (Lipinski definition) is 2. The molecule has 0 saturated carbocycles. The second-order valence-electron chi connectivity index (χ2n) is 4.64. The Morgan fingerprint density at radius 1 is 1.47 bits per heavy atom. The summed E-state index contributed by atoms with van der Waals surface area (Å²) in [7, 11) is 0. The molecule has 1 amide bonds. The zero-order chi connectivity index (χ0) is 13.1. The van der Waals surface area contributed by atoms with Gasteiger partial charge in [-0.2, -0.15) is 0 Å². The monoisotopic (exact) mass is 298 g/mol. The molecule has 0 bridgehead atoms. The van der Waals surface area contributed by atoms with Crippen LogP contribution in [-0.2, 0) is 4.79 Å². The van der Waals surface area contributed by atoms with Gasteiger partial charge in [-0.15, -0.1) is 0 Å². The minimum atomic E-state index is -0.815. The van der Waals surface area contributed by atoms with Gasteiger partial charge >= 0.3 is 0 Å². The van der Waals surface area contributed by atoms with Gasteiger partial charge in [0, 0.05) is 10.2 Å². The van der Waals surface area contributed by atoms with E-state index in [0.717, 1.165) is 22.1 Å². The Morgan fingerprint density at radius 3 is 2.65 bits per heavy atom. The van der Waals surface area contributed by atoms with Gasteiger partial charge in [0.25, 0.3) is 0 Å². The van der Waals surface area contributed by atoms with E-state index in [1.54, 1.807) is 6.92 Å². The zero-order valence-corrected chi connectivity index (χ0v) is 12.1. The molecule has 17 heavy (non-hydrogen) atoms. The van der Waals surface area contributed by atoms with Crippen LogP contribution in [0.25, 0.3) is 0 Å². The molecular formula is C13H19BrN2O. The maximum atomic E-state index is 12.0. The number of amides is 1. The van der Waals surface area contributed by atoms with Gasteiger partial charge in [-0.05, 0) is 44.0 Å². The highest BCUT2D eigenvalue weighted by atomic mass is 79.9. The van der Waals surface area contributed by atoms with E-state index >= 15 is 0 Å². The molecule has 0 aliphatic carbocycles. The van der Waals surface area contributed by atoms with Gasteiger partial charge in [-0.3, -0.25) is 4.79 Å². The first kappa shape index (κ1) is 14.2. The van der Waals surface area contributed by atoms with Gasteiger partial charge in [-0.1, -0.05) is 29.3 Å². The molecule has 1 rings (SSSR count). The summed E-state index contributed by atoms with van der Waals surface area (Å²) in [5.74, 6) is -0.142. The van der Waals surface area contributed by atoms with Crippen molar-refractivity contribution in [2.24, 2.45) is 5.73 Å².